The van der Waals surface area contributed by atoms with Gasteiger partial charge in [-0.2, -0.15) is 0 Å². The standard InChI is InChI=1S/C6H6O2Se/c1-5(7)9-6-3-2-4-8-6/h2-4H,1H3. The molecule has 0 amide bonds. The molecule has 0 atom stereocenters. The van der Waals surface area contributed by atoms with Gasteiger partial charge in [-0.25, -0.2) is 0 Å². The van der Waals surface area contributed by atoms with Crippen LogP contribution in [0.3, 0.4) is 0 Å². The van der Waals surface area contributed by atoms with E-state index in [-0.39, 0.29) is 19.6 Å². The summed E-state index contributed by atoms with van der Waals surface area (Å²) in [6.07, 6.45) is 1.58. The van der Waals surface area contributed by atoms with Crippen molar-refractivity contribution in [3.8, 4) is 0 Å². The predicted octanol–water partition coefficient (Wildman–Crippen LogP) is 0.156. The molecule has 0 fully saturated rings. The van der Waals surface area contributed by atoms with Gasteiger partial charge < -0.3 is 0 Å². The van der Waals surface area contributed by atoms with Crippen LogP contribution in [-0.4, -0.2) is 19.6 Å². The molecule has 0 aliphatic carbocycles. The Kier molecular flexibility index (Phi) is 2.09. The predicted molar refractivity (Wildman–Crippen MR) is 34.8 cm³/mol. The molecule has 0 N–H and O–H groups in total. The first-order chi connectivity index (χ1) is 4.29. The molecule has 48 valence electrons. The molecule has 0 saturated carbocycles. The van der Waals surface area contributed by atoms with Gasteiger partial charge in [0, 0.05) is 0 Å². The van der Waals surface area contributed by atoms with Gasteiger partial charge in [0.2, 0.25) is 0 Å². The van der Waals surface area contributed by atoms with Gasteiger partial charge in [-0.3, -0.25) is 0 Å². The van der Waals surface area contributed by atoms with Gasteiger partial charge in [0.25, 0.3) is 0 Å². The number of hydrogen-bond acceptors (Lipinski definition) is 2. The van der Waals surface area contributed by atoms with Gasteiger partial charge in [0.1, 0.15) is 0 Å². The molecule has 2 nitrogen and oxygen atoms in total. The van der Waals surface area contributed by atoms with Crippen LogP contribution in [-0.2, 0) is 4.79 Å². The van der Waals surface area contributed by atoms with Crippen LogP contribution in [0.2, 0.25) is 0 Å². The van der Waals surface area contributed by atoms with Gasteiger partial charge in [0.05, 0.1) is 0 Å². The Bertz CT molecular complexity index is 191. The molecule has 0 bridgehead atoms. The molecule has 9 heavy (non-hydrogen) atoms. The summed E-state index contributed by atoms with van der Waals surface area (Å²) in [6, 6.07) is 3.61. The van der Waals surface area contributed by atoms with E-state index < -0.39 is 0 Å². The van der Waals surface area contributed by atoms with Crippen LogP contribution in [0, 0.1) is 0 Å². The van der Waals surface area contributed by atoms with Crippen molar-refractivity contribution < 1.29 is 9.21 Å². The second-order valence-electron chi connectivity index (χ2n) is 1.53. The first-order valence-electron chi connectivity index (χ1n) is 2.51. The zero-order valence-electron chi connectivity index (χ0n) is 4.96. The number of carbonyl (C=O) groups is 1. The molecule has 1 rings (SSSR count). The summed E-state index contributed by atoms with van der Waals surface area (Å²) in [7, 11) is 0. The van der Waals surface area contributed by atoms with Crippen LogP contribution in [0.5, 0.6) is 0 Å². The van der Waals surface area contributed by atoms with E-state index in [0.717, 1.165) is 4.66 Å². The van der Waals surface area contributed by atoms with Gasteiger partial charge in [-0.15, -0.1) is 0 Å². The number of rotatable bonds is 2. The quantitative estimate of drug-likeness (QED) is 0.620. The van der Waals surface area contributed by atoms with E-state index in [9.17, 15) is 4.79 Å². The van der Waals surface area contributed by atoms with Crippen LogP contribution in [0.25, 0.3) is 0 Å². The van der Waals surface area contributed by atoms with Gasteiger partial charge >= 0.3 is 58.8 Å². The SMILES string of the molecule is CC(=O)[Se]c1ccco1. The number of carbonyl (C=O) groups excluding carboxylic acids is 1. The number of hydrogen-bond donors (Lipinski definition) is 0. The third-order valence-corrected chi connectivity index (χ3v) is 2.25. The van der Waals surface area contributed by atoms with E-state index >= 15 is 0 Å². The molecular formula is C6H6O2Se. The van der Waals surface area contributed by atoms with Crippen LogP contribution < -0.4 is 4.66 Å². The average molecular weight is 189 g/mol. The maximum absolute atomic E-state index is 10.5. The topological polar surface area (TPSA) is 30.2 Å². The van der Waals surface area contributed by atoms with Crippen molar-refractivity contribution >= 4 is 24.3 Å². The molecule has 0 aliphatic heterocycles. The van der Waals surface area contributed by atoms with Crippen molar-refractivity contribution in [3.63, 3.8) is 0 Å². The van der Waals surface area contributed by atoms with Crippen LogP contribution in [0.1, 0.15) is 6.92 Å². The third kappa shape index (κ3) is 2.04. The van der Waals surface area contributed by atoms with Crippen molar-refractivity contribution in [3.05, 3.63) is 18.4 Å². The Hall–Kier alpha value is -0.531. The van der Waals surface area contributed by atoms with E-state index in [0.29, 0.717) is 0 Å². The van der Waals surface area contributed by atoms with Crippen LogP contribution in [0.4, 0.5) is 0 Å². The molecule has 1 heterocycles. The Morgan fingerprint density at radius 1 is 1.78 bits per heavy atom. The molecule has 1 aromatic heterocycles. The van der Waals surface area contributed by atoms with Crippen molar-refractivity contribution in [2.24, 2.45) is 0 Å². The summed E-state index contributed by atoms with van der Waals surface area (Å²) in [4.78, 5) is 10.5. The fourth-order valence-corrected chi connectivity index (χ4v) is 1.58. The maximum atomic E-state index is 10.5. The summed E-state index contributed by atoms with van der Waals surface area (Å²) in [5, 5.41) is 0. The van der Waals surface area contributed by atoms with E-state index in [2.05, 4.69) is 0 Å². The Morgan fingerprint density at radius 2 is 2.56 bits per heavy atom. The molecule has 0 spiro atoms. The molecule has 3 heteroatoms. The molecule has 0 radical (unpaired) electrons. The molecule has 1 aromatic rings. The third-order valence-electron chi connectivity index (χ3n) is 0.739. The second kappa shape index (κ2) is 2.85. The molecule has 0 saturated heterocycles. The summed E-state index contributed by atoms with van der Waals surface area (Å²) < 4.78 is 5.94. The van der Waals surface area contributed by atoms with Crippen molar-refractivity contribution in [2.45, 2.75) is 6.92 Å². The summed E-state index contributed by atoms with van der Waals surface area (Å²) in [5.74, 6) is 0. The Morgan fingerprint density at radius 3 is 3.00 bits per heavy atom. The molecule has 0 unspecified atom stereocenters. The minimum absolute atomic E-state index is 0.108. The fraction of sp³-hybridized carbons (Fsp3) is 0.167. The van der Waals surface area contributed by atoms with Gasteiger partial charge in [0.15, 0.2) is 0 Å². The average Bonchev–Trinajstić information content (AvgIpc) is 2.15. The van der Waals surface area contributed by atoms with Gasteiger partial charge in [-0.05, 0) is 0 Å². The fourth-order valence-electron chi connectivity index (χ4n) is 0.463. The Labute approximate surface area is 59.4 Å². The molecular weight excluding hydrogens is 183 g/mol. The molecule has 0 aromatic carbocycles. The molecule has 0 aliphatic rings. The number of furan rings is 1. The summed E-state index contributed by atoms with van der Waals surface area (Å²) in [5.41, 5.74) is 0. The van der Waals surface area contributed by atoms with Crippen molar-refractivity contribution in [1.29, 1.82) is 0 Å². The summed E-state index contributed by atoms with van der Waals surface area (Å²) >= 11 is -0.108. The Balaban J connectivity index is 2.58. The van der Waals surface area contributed by atoms with E-state index in [4.69, 9.17) is 4.42 Å². The van der Waals surface area contributed by atoms with E-state index in [1.165, 1.54) is 0 Å². The second-order valence-corrected chi connectivity index (χ2v) is 4.00. The van der Waals surface area contributed by atoms with E-state index in [1.54, 1.807) is 19.3 Å². The zero-order chi connectivity index (χ0) is 6.69. The van der Waals surface area contributed by atoms with Crippen LogP contribution >= 0.6 is 0 Å². The van der Waals surface area contributed by atoms with E-state index in [1.807, 2.05) is 6.07 Å². The van der Waals surface area contributed by atoms with Gasteiger partial charge in [-0.1, -0.05) is 0 Å². The monoisotopic (exact) mass is 190 g/mol. The van der Waals surface area contributed by atoms with Crippen molar-refractivity contribution in [2.75, 3.05) is 0 Å². The first-order valence-corrected chi connectivity index (χ1v) is 4.22. The minimum atomic E-state index is -0.108. The first kappa shape index (κ1) is 6.59. The summed E-state index contributed by atoms with van der Waals surface area (Å²) in [6.45, 7) is 1.57. The van der Waals surface area contributed by atoms with Crippen molar-refractivity contribution in [1.82, 2.24) is 0 Å². The zero-order valence-corrected chi connectivity index (χ0v) is 6.67. The normalized spacial score (nSPS) is 9.44. The van der Waals surface area contributed by atoms with Crippen LogP contribution in [0.15, 0.2) is 22.8 Å².